The number of alkyl halides is 3. The van der Waals surface area contributed by atoms with Crippen molar-refractivity contribution in [2.24, 2.45) is 5.92 Å². The molecule has 3 fully saturated rings. The average molecular weight is 329 g/mol. The van der Waals surface area contributed by atoms with Gasteiger partial charge in [0, 0.05) is 5.54 Å². The van der Waals surface area contributed by atoms with Crippen LogP contribution in [0.1, 0.15) is 51.4 Å². The summed E-state index contributed by atoms with van der Waals surface area (Å²) in [6, 6.07) is 0. The van der Waals surface area contributed by atoms with Crippen LogP contribution in [0.5, 0.6) is 0 Å². The smallest absolute Gasteiger partial charge is 0.361 e. The monoisotopic (exact) mass is 329 g/mol. The van der Waals surface area contributed by atoms with Gasteiger partial charge in [0.2, 0.25) is 0 Å². The average Bonchev–Trinajstić information content (AvgIpc) is 2.95. The van der Waals surface area contributed by atoms with E-state index in [1.165, 1.54) is 0 Å². The molecule has 23 heavy (non-hydrogen) atoms. The van der Waals surface area contributed by atoms with Crippen molar-refractivity contribution in [2.75, 3.05) is 6.54 Å². The van der Waals surface area contributed by atoms with Crippen LogP contribution in [0.2, 0.25) is 0 Å². The third kappa shape index (κ3) is 2.32. The summed E-state index contributed by atoms with van der Waals surface area (Å²) in [5, 5.41) is 0. The quantitative estimate of drug-likeness (QED) is 0.636. The van der Waals surface area contributed by atoms with Gasteiger partial charge in [0.1, 0.15) is 5.60 Å². The molecule has 2 bridgehead atoms. The van der Waals surface area contributed by atoms with Crippen molar-refractivity contribution in [3.63, 3.8) is 0 Å². The van der Waals surface area contributed by atoms with Crippen molar-refractivity contribution in [3.05, 3.63) is 12.2 Å². The summed E-state index contributed by atoms with van der Waals surface area (Å²) in [4.78, 5) is 13.3. The number of carbonyl (C=O) groups is 1. The highest BCUT2D eigenvalue weighted by Gasteiger charge is 2.62. The van der Waals surface area contributed by atoms with E-state index in [-0.39, 0.29) is 18.6 Å². The summed E-state index contributed by atoms with van der Waals surface area (Å²) in [5.74, 6) is -1.44. The van der Waals surface area contributed by atoms with Gasteiger partial charge in [-0.3, -0.25) is 4.79 Å². The van der Waals surface area contributed by atoms with E-state index in [0.29, 0.717) is 19.3 Å². The normalized spacial score (nSPS) is 38.7. The zero-order valence-corrected chi connectivity index (χ0v) is 13.1. The summed E-state index contributed by atoms with van der Waals surface area (Å²) >= 11 is 0. The number of fused-ring (bicyclic) bond motifs is 1. The van der Waals surface area contributed by atoms with Crippen LogP contribution in [0.4, 0.5) is 13.2 Å². The highest BCUT2D eigenvalue weighted by atomic mass is 19.4. The second-order valence-electron chi connectivity index (χ2n) is 7.63. The fraction of sp³-hybridized carbons (Fsp3) is 0.824. The number of hydrogen-bond acceptors (Lipinski definition) is 2. The van der Waals surface area contributed by atoms with Gasteiger partial charge >= 0.3 is 12.1 Å². The molecule has 1 saturated carbocycles. The minimum atomic E-state index is -4.82. The van der Waals surface area contributed by atoms with Crippen molar-refractivity contribution in [3.8, 4) is 0 Å². The van der Waals surface area contributed by atoms with Crippen LogP contribution < -0.4 is 0 Å². The largest absolute Gasteiger partial charge is 0.471 e. The summed E-state index contributed by atoms with van der Waals surface area (Å²) in [7, 11) is 0. The molecule has 2 spiro atoms. The lowest BCUT2D eigenvalue weighted by Gasteiger charge is -2.54. The molecule has 0 aromatic rings. The third-order valence-electron chi connectivity index (χ3n) is 6.30. The van der Waals surface area contributed by atoms with E-state index in [1.54, 1.807) is 0 Å². The van der Waals surface area contributed by atoms with E-state index in [1.807, 2.05) is 12.2 Å². The number of carbonyl (C=O) groups excluding carboxylic acids is 1. The third-order valence-corrected chi connectivity index (χ3v) is 6.30. The summed E-state index contributed by atoms with van der Waals surface area (Å²) in [6.45, 7) is 0.0585. The number of ether oxygens (including phenoxy) is 1. The predicted molar refractivity (Wildman–Crippen MR) is 77.7 cm³/mol. The molecule has 1 aliphatic carbocycles. The molecule has 128 valence electrons. The van der Waals surface area contributed by atoms with Crippen LogP contribution in [0.3, 0.4) is 0 Å². The lowest BCUT2D eigenvalue weighted by molar-refractivity contribution is -0.202. The van der Waals surface area contributed by atoms with E-state index >= 15 is 0 Å². The van der Waals surface area contributed by atoms with Crippen molar-refractivity contribution in [1.29, 1.82) is 0 Å². The first-order chi connectivity index (χ1) is 10.8. The first-order valence-corrected chi connectivity index (χ1v) is 8.61. The molecule has 0 N–H and O–H groups in total. The van der Waals surface area contributed by atoms with Gasteiger partial charge in [0.25, 0.3) is 0 Å². The first-order valence-electron chi connectivity index (χ1n) is 8.61. The Hall–Kier alpha value is -1.04. The van der Waals surface area contributed by atoms with Gasteiger partial charge in [-0.15, -0.1) is 0 Å². The molecule has 1 amide bonds. The number of likely N-dealkylation sites (tertiary alicyclic amines) is 1. The molecule has 0 radical (unpaired) electrons. The zero-order valence-electron chi connectivity index (χ0n) is 13.1. The molecule has 4 rings (SSSR count). The summed E-state index contributed by atoms with van der Waals surface area (Å²) in [6.07, 6.45) is 5.86. The number of rotatable bonds is 0. The lowest BCUT2D eigenvalue weighted by atomic mass is 9.67. The first kappa shape index (κ1) is 15.5. The van der Waals surface area contributed by atoms with Crippen LogP contribution >= 0.6 is 0 Å². The Labute approximate surface area is 133 Å². The Morgan fingerprint density at radius 2 is 1.87 bits per heavy atom. The van der Waals surface area contributed by atoms with E-state index in [9.17, 15) is 18.0 Å². The second kappa shape index (κ2) is 4.98. The molecule has 3 nitrogen and oxygen atoms in total. The number of hydrogen-bond donors (Lipinski definition) is 0. The molecule has 3 aliphatic heterocycles. The van der Waals surface area contributed by atoms with E-state index in [0.717, 1.165) is 37.0 Å². The minimum absolute atomic E-state index is 0.0174. The molecule has 0 unspecified atom stereocenters. The van der Waals surface area contributed by atoms with Crippen LogP contribution in [-0.4, -0.2) is 40.8 Å². The minimum Gasteiger partial charge on any atom is -0.361 e. The second-order valence-corrected chi connectivity index (χ2v) is 7.63. The van der Waals surface area contributed by atoms with Gasteiger partial charge in [-0.05, 0) is 31.6 Å². The molecule has 4 aliphatic rings. The zero-order chi connectivity index (χ0) is 16.3. The van der Waals surface area contributed by atoms with E-state index < -0.39 is 23.2 Å². The molecule has 0 aromatic heterocycles. The number of halogens is 3. The van der Waals surface area contributed by atoms with Crippen LogP contribution in [-0.2, 0) is 9.53 Å². The highest BCUT2D eigenvalue weighted by Crippen LogP contribution is 2.54. The Morgan fingerprint density at radius 1 is 1.17 bits per heavy atom. The maximum absolute atomic E-state index is 13.2. The molecule has 2 saturated heterocycles. The molecule has 3 heterocycles. The Morgan fingerprint density at radius 3 is 2.48 bits per heavy atom. The maximum atomic E-state index is 13.2. The van der Waals surface area contributed by atoms with Crippen molar-refractivity contribution >= 4 is 5.91 Å². The molecule has 3 atom stereocenters. The van der Waals surface area contributed by atoms with Crippen molar-refractivity contribution in [2.45, 2.75) is 74.8 Å². The van der Waals surface area contributed by atoms with Gasteiger partial charge in [0.15, 0.2) is 0 Å². The SMILES string of the molecule is O=C(N1C[C@]23C=C[C@H](C[C@@H]2CC12CCCCCC2)O3)C(F)(F)F. The molecular formula is C17H22F3NO2. The summed E-state index contributed by atoms with van der Waals surface area (Å²) < 4.78 is 45.6. The van der Waals surface area contributed by atoms with Crippen LogP contribution in [0.25, 0.3) is 0 Å². The number of amides is 1. The van der Waals surface area contributed by atoms with Crippen LogP contribution in [0.15, 0.2) is 12.2 Å². The Kier molecular flexibility index (Phi) is 3.35. The van der Waals surface area contributed by atoms with Crippen molar-refractivity contribution in [1.82, 2.24) is 4.90 Å². The van der Waals surface area contributed by atoms with Gasteiger partial charge in [-0.2, -0.15) is 13.2 Å². The predicted octanol–water partition coefficient (Wildman–Crippen LogP) is 3.59. The van der Waals surface area contributed by atoms with Crippen molar-refractivity contribution < 1.29 is 22.7 Å². The Balaban J connectivity index is 1.71. The lowest BCUT2D eigenvalue weighted by Crippen LogP contribution is -2.65. The maximum Gasteiger partial charge on any atom is 0.471 e. The highest BCUT2D eigenvalue weighted by molar-refractivity contribution is 5.83. The Bertz CT molecular complexity index is 536. The summed E-state index contributed by atoms with van der Waals surface area (Å²) in [5.41, 5.74) is -1.30. The number of nitrogens with zero attached hydrogens (tertiary/aromatic N) is 1. The molecule has 6 heteroatoms. The standard InChI is InChI=1S/C17H22F3NO2/c18-17(19,20)14(22)21-11-16-8-5-13(23-16)9-12(16)10-15(21)6-3-1-2-4-7-15/h5,8,12-13H,1-4,6-7,9-11H2/t12-,13-,16-/m1/s1. The molecule has 0 aromatic carbocycles. The molecular weight excluding hydrogens is 307 g/mol. The van der Waals surface area contributed by atoms with Crippen LogP contribution in [0, 0.1) is 5.92 Å². The number of piperidine rings is 1. The van der Waals surface area contributed by atoms with Gasteiger partial charge in [-0.1, -0.05) is 37.8 Å². The topological polar surface area (TPSA) is 29.5 Å². The van der Waals surface area contributed by atoms with Gasteiger partial charge < -0.3 is 9.64 Å². The van der Waals surface area contributed by atoms with E-state index in [4.69, 9.17) is 4.74 Å². The fourth-order valence-electron chi connectivity index (χ4n) is 5.23. The van der Waals surface area contributed by atoms with Gasteiger partial charge in [0.05, 0.1) is 12.6 Å². The van der Waals surface area contributed by atoms with E-state index in [2.05, 4.69) is 0 Å². The fourth-order valence-corrected chi connectivity index (χ4v) is 5.23. The van der Waals surface area contributed by atoms with Gasteiger partial charge in [-0.25, -0.2) is 0 Å².